The average molecular weight is 280 g/mol. The lowest BCUT2D eigenvalue weighted by atomic mass is 10.2. The van der Waals surface area contributed by atoms with E-state index in [0.717, 1.165) is 0 Å². The van der Waals surface area contributed by atoms with Gasteiger partial charge in [-0.3, -0.25) is 14.5 Å². The van der Waals surface area contributed by atoms with E-state index in [4.69, 9.17) is 5.73 Å². The van der Waals surface area contributed by atoms with Crippen molar-refractivity contribution in [3.05, 3.63) is 24.0 Å². The Morgan fingerprint density at radius 1 is 1.45 bits per heavy atom. The molecule has 1 aromatic carbocycles. The number of hydrogen-bond acceptors (Lipinski definition) is 4. The van der Waals surface area contributed by atoms with Gasteiger partial charge in [0.2, 0.25) is 11.8 Å². The molecular weight excluding hydrogens is 263 g/mol. The van der Waals surface area contributed by atoms with Gasteiger partial charge in [-0.2, -0.15) is 0 Å². The second-order valence-electron chi connectivity index (χ2n) is 4.81. The van der Waals surface area contributed by atoms with E-state index < -0.39 is 5.82 Å². The fourth-order valence-corrected chi connectivity index (χ4v) is 1.97. The van der Waals surface area contributed by atoms with Crippen LogP contribution in [0.2, 0.25) is 0 Å². The van der Waals surface area contributed by atoms with E-state index in [9.17, 15) is 14.0 Å². The summed E-state index contributed by atoms with van der Waals surface area (Å²) in [5.74, 6) is -0.781. The first-order valence-electron chi connectivity index (χ1n) is 6.27. The van der Waals surface area contributed by atoms with Gasteiger partial charge in [-0.25, -0.2) is 4.39 Å². The van der Waals surface area contributed by atoms with Crippen molar-refractivity contribution in [2.75, 3.05) is 44.3 Å². The summed E-state index contributed by atoms with van der Waals surface area (Å²) in [6, 6.07) is 4.01. The first-order valence-corrected chi connectivity index (χ1v) is 6.27. The van der Waals surface area contributed by atoms with Crippen LogP contribution in [-0.2, 0) is 9.59 Å². The standard InChI is InChI=1S/C13H17FN4O2/c1-17-4-5-18(8-13(17)20)7-12(19)16-9-2-3-10(14)11(15)6-9/h2-3,6H,4-5,7-8,15H2,1H3,(H,16,19). The van der Waals surface area contributed by atoms with Crippen molar-refractivity contribution in [1.29, 1.82) is 0 Å². The van der Waals surface area contributed by atoms with Crippen molar-refractivity contribution >= 4 is 23.2 Å². The molecule has 1 heterocycles. The van der Waals surface area contributed by atoms with Crippen LogP contribution in [-0.4, -0.2) is 54.8 Å². The number of nitrogens with two attached hydrogens (primary N) is 1. The van der Waals surface area contributed by atoms with Crippen LogP contribution >= 0.6 is 0 Å². The maximum atomic E-state index is 13.0. The third-order valence-electron chi connectivity index (χ3n) is 3.18. The maximum Gasteiger partial charge on any atom is 0.238 e. The fraction of sp³-hybridized carbons (Fsp3) is 0.385. The Kier molecular flexibility index (Phi) is 4.19. The number of nitrogens with one attached hydrogen (secondary N) is 1. The number of rotatable bonds is 3. The predicted molar refractivity (Wildman–Crippen MR) is 73.5 cm³/mol. The number of carbonyl (C=O) groups is 2. The van der Waals surface area contributed by atoms with Crippen molar-refractivity contribution in [2.24, 2.45) is 0 Å². The van der Waals surface area contributed by atoms with E-state index in [1.165, 1.54) is 18.2 Å². The summed E-state index contributed by atoms with van der Waals surface area (Å²) in [4.78, 5) is 26.8. The Hall–Kier alpha value is -2.15. The van der Waals surface area contributed by atoms with Gasteiger partial charge in [-0.15, -0.1) is 0 Å². The summed E-state index contributed by atoms with van der Waals surface area (Å²) in [5, 5.41) is 2.63. The molecule has 2 rings (SSSR count). The van der Waals surface area contributed by atoms with Crippen LogP contribution in [0.1, 0.15) is 0 Å². The molecule has 0 aliphatic carbocycles. The molecule has 1 saturated heterocycles. The van der Waals surface area contributed by atoms with Gasteiger partial charge in [0, 0.05) is 25.8 Å². The van der Waals surface area contributed by atoms with E-state index in [1.54, 1.807) is 16.8 Å². The number of anilines is 2. The van der Waals surface area contributed by atoms with Crippen LogP contribution in [0.15, 0.2) is 18.2 Å². The number of carbonyl (C=O) groups excluding carboxylic acids is 2. The van der Waals surface area contributed by atoms with Gasteiger partial charge >= 0.3 is 0 Å². The molecule has 0 aromatic heterocycles. The van der Waals surface area contributed by atoms with Crippen molar-refractivity contribution in [2.45, 2.75) is 0 Å². The molecule has 0 bridgehead atoms. The SMILES string of the molecule is CN1CCN(CC(=O)Nc2ccc(F)c(N)c2)CC1=O. The molecule has 0 unspecified atom stereocenters. The van der Waals surface area contributed by atoms with Crippen LogP contribution in [0.25, 0.3) is 0 Å². The molecule has 1 aromatic rings. The number of halogens is 1. The summed E-state index contributed by atoms with van der Waals surface area (Å²) in [6.45, 7) is 1.61. The quantitative estimate of drug-likeness (QED) is 0.771. The predicted octanol–water partition coefficient (Wildman–Crippen LogP) is 0.120. The van der Waals surface area contributed by atoms with Crippen LogP contribution < -0.4 is 11.1 Å². The minimum atomic E-state index is -0.521. The van der Waals surface area contributed by atoms with Gasteiger partial charge in [0.05, 0.1) is 18.8 Å². The highest BCUT2D eigenvalue weighted by molar-refractivity contribution is 5.93. The second-order valence-corrected chi connectivity index (χ2v) is 4.81. The normalized spacial score (nSPS) is 16.3. The summed E-state index contributed by atoms with van der Waals surface area (Å²) < 4.78 is 13.0. The number of nitrogen functional groups attached to an aromatic ring is 1. The van der Waals surface area contributed by atoms with E-state index in [2.05, 4.69) is 5.32 Å². The zero-order valence-corrected chi connectivity index (χ0v) is 11.2. The zero-order chi connectivity index (χ0) is 14.7. The van der Waals surface area contributed by atoms with Crippen molar-refractivity contribution < 1.29 is 14.0 Å². The first kappa shape index (κ1) is 14.3. The Labute approximate surface area is 116 Å². The van der Waals surface area contributed by atoms with Crippen LogP contribution in [0, 0.1) is 5.82 Å². The Morgan fingerprint density at radius 2 is 2.20 bits per heavy atom. The van der Waals surface area contributed by atoms with E-state index in [0.29, 0.717) is 18.8 Å². The summed E-state index contributed by atoms with van der Waals surface area (Å²) in [5.41, 5.74) is 5.85. The molecule has 1 aliphatic rings. The minimum absolute atomic E-state index is 0.00456. The third kappa shape index (κ3) is 3.45. The number of hydrogen-bond donors (Lipinski definition) is 2. The summed E-state index contributed by atoms with van der Waals surface area (Å²) >= 11 is 0. The van der Waals surface area contributed by atoms with Gasteiger partial charge in [0.1, 0.15) is 5.82 Å². The molecule has 0 spiro atoms. The molecule has 1 fully saturated rings. The average Bonchev–Trinajstić information content (AvgIpc) is 2.38. The summed E-state index contributed by atoms with van der Waals surface area (Å²) in [6.07, 6.45) is 0. The molecule has 108 valence electrons. The molecular formula is C13H17FN4O2. The Bertz CT molecular complexity index is 535. The lowest BCUT2D eigenvalue weighted by molar-refractivity contribution is -0.135. The first-order chi connectivity index (χ1) is 9.45. The largest absolute Gasteiger partial charge is 0.396 e. The maximum absolute atomic E-state index is 13.0. The number of benzene rings is 1. The van der Waals surface area contributed by atoms with Gasteiger partial charge in [-0.1, -0.05) is 0 Å². The zero-order valence-electron chi connectivity index (χ0n) is 11.2. The number of nitrogens with zero attached hydrogens (tertiary/aromatic N) is 2. The monoisotopic (exact) mass is 280 g/mol. The third-order valence-corrected chi connectivity index (χ3v) is 3.18. The summed E-state index contributed by atoms with van der Waals surface area (Å²) in [7, 11) is 1.74. The van der Waals surface area contributed by atoms with Crippen molar-refractivity contribution in [3.8, 4) is 0 Å². The number of amides is 2. The van der Waals surface area contributed by atoms with Crippen molar-refractivity contribution in [3.63, 3.8) is 0 Å². The van der Waals surface area contributed by atoms with Crippen LogP contribution in [0.5, 0.6) is 0 Å². The second kappa shape index (κ2) is 5.87. The molecule has 20 heavy (non-hydrogen) atoms. The van der Waals surface area contributed by atoms with E-state index in [-0.39, 0.29) is 30.6 Å². The Morgan fingerprint density at radius 3 is 2.85 bits per heavy atom. The fourth-order valence-electron chi connectivity index (χ4n) is 1.97. The van der Waals surface area contributed by atoms with Gasteiger partial charge < -0.3 is 16.0 Å². The number of likely N-dealkylation sites (N-methyl/N-ethyl adjacent to an activating group) is 1. The van der Waals surface area contributed by atoms with Gasteiger partial charge in [-0.05, 0) is 18.2 Å². The topological polar surface area (TPSA) is 78.7 Å². The number of piperazine rings is 1. The molecule has 1 aliphatic heterocycles. The highest BCUT2D eigenvalue weighted by Gasteiger charge is 2.22. The highest BCUT2D eigenvalue weighted by Crippen LogP contribution is 2.16. The molecule has 0 atom stereocenters. The molecule has 6 nitrogen and oxygen atoms in total. The van der Waals surface area contributed by atoms with Crippen molar-refractivity contribution in [1.82, 2.24) is 9.80 Å². The Balaban J connectivity index is 1.89. The van der Waals surface area contributed by atoms with Gasteiger partial charge in [0.25, 0.3) is 0 Å². The van der Waals surface area contributed by atoms with E-state index >= 15 is 0 Å². The highest BCUT2D eigenvalue weighted by atomic mass is 19.1. The smallest absolute Gasteiger partial charge is 0.238 e. The molecule has 0 saturated carbocycles. The van der Waals surface area contributed by atoms with Crippen LogP contribution in [0.4, 0.5) is 15.8 Å². The van der Waals surface area contributed by atoms with E-state index in [1.807, 2.05) is 0 Å². The van der Waals surface area contributed by atoms with Crippen LogP contribution in [0.3, 0.4) is 0 Å². The molecule has 2 amide bonds. The molecule has 3 N–H and O–H groups in total. The lowest BCUT2D eigenvalue weighted by Gasteiger charge is -2.31. The van der Waals surface area contributed by atoms with Gasteiger partial charge in [0.15, 0.2) is 0 Å². The molecule has 7 heteroatoms. The lowest BCUT2D eigenvalue weighted by Crippen LogP contribution is -2.50. The minimum Gasteiger partial charge on any atom is -0.396 e. The molecule has 0 radical (unpaired) electrons.